The molecule has 4 rings (SSSR count). The molecule has 1 aliphatic rings. The maximum absolute atomic E-state index is 13.2. The molecule has 1 amide bonds. The Balaban J connectivity index is 1.67. The van der Waals surface area contributed by atoms with Crippen LogP contribution in [0.4, 0.5) is 0 Å². The van der Waals surface area contributed by atoms with Crippen LogP contribution >= 0.6 is 11.8 Å². The largest absolute Gasteiger partial charge is 0.491 e. The summed E-state index contributed by atoms with van der Waals surface area (Å²) in [7, 11) is 0. The van der Waals surface area contributed by atoms with Crippen molar-refractivity contribution in [3.05, 3.63) is 71.5 Å². The number of fused-ring (bicyclic) bond motifs is 2. The first-order valence-electron chi connectivity index (χ1n) is 9.27. The number of carbonyl (C=O) groups excluding carboxylic acids is 1. The summed E-state index contributed by atoms with van der Waals surface area (Å²) in [4.78, 5) is 17.4. The predicted molar refractivity (Wildman–Crippen MR) is 110 cm³/mol. The highest BCUT2D eigenvalue weighted by molar-refractivity contribution is 6.13. The van der Waals surface area contributed by atoms with Crippen LogP contribution in [0.25, 0.3) is 10.8 Å². The van der Waals surface area contributed by atoms with Gasteiger partial charge in [-0.05, 0) is 48.7 Å². The quantitative estimate of drug-likeness (QED) is 0.673. The summed E-state index contributed by atoms with van der Waals surface area (Å²) in [5, 5.41) is 5.29. The van der Waals surface area contributed by atoms with Crippen LogP contribution in [0.5, 0.6) is 5.75 Å². The standard InChI is InChI=1S/C22H22ClN3O2/c1-22(2,19-8-4-5-15-13-24-10-9-17(15)19)25-21(27)18-7-3-6-16-14-26(23)11-12-28-20(16)18/h3-10,13H,11-12,14H2,1-2H3,(H,25,27). The van der Waals surface area contributed by atoms with E-state index in [0.717, 1.165) is 21.9 Å². The molecule has 1 aliphatic heterocycles. The Labute approximate surface area is 169 Å². The van der Waals surface area contributed by atoms with Crippen molar-refractivity contribution in [3.8, 4) is 5.75 Å². The topological polar surface area (TPSA) is 54.5 Å². The highest BCUT2D eigenvalue weighted by Crippen LogP contribution is 2.31. The Morgan fingerprint density at radius 2 is 2.04 bits per heavy atom. The van der Waals surface area contributed by atoms with Gasteiger partial charge in [0.15, 0.2) is 0 Å². The third-order valence-electron chi connectivity index (χ3n) is 5.04. The summed E-state index contributed by atoms with van der Waals surface area (Å²) in [5.41, 5.74) is 1.90. The van der Waals surface area contributed by atoms with Gasteiger partial charge in [-0.25, -0.2) is 4.42 Å². The number of nitrogens with one attached hydrogen (secondary N) is 1. The third kappa shape index (κ3) is 3.55. The normalized spacial score (nSPS) is 14.8. The SMILES string of the molecule is CC(C)(NC(=O)c1cccc2c1OCCN(Cl)C2)c1cccc2cnccc12. The smallest absolute Gasteiger partial charge is 0.255 e. The van der Waals surface area contributed by atoms with E-state index in [1.165, 1.54) is 0 Å². The lowest BCUT2D eigenvalue weighted by atomic mass is 9.89. The molecular formula is C22H22ClN3O2. The molecule has 0 fully saturated rings. The van der Waals surface area contributed by atoms with Crippen molar-refractivity contribution in [2.24, 2.45) is 0 Å². The fraction of sp³-hybridized carbons (Fsp3) is 0.273. The maximum Gasteiger partial charge on any atom is 0.255 e. The van der Waals surface area contributed by atoms with E-state index in [0.29, 0.717) is 31.0 Å². The highest BCUT2D eigenvalue weighted by atomic mass is 35.5. The van der Waals surface area contributed by atoms with Gasteiger partial charge in [0, 0.05) is 36.4 Å². The summed E-state index contributed by atoms with van der Waals surface area (Å²) >= 11 is 6.17. The number of carbonyl (C=O) groups is 1. The third-order valence-corrected chi connectivity index (χ3v) is 5.33. The van der Waals surface area contributed by atoms with Gasteiger partial charge in [-0.3, -0.25) is 9.78 Å². The number of ether oxygens (including phenoxy) is 1. The number of amides is 1. The van der Waals surface area contributed by atoms with Gasteiger partial charge >= 0.3 is 0 Å². The Kier molecular flexibility index (Phi) is 4.96. The minimum atomic E-state index is -0.579. The van der Waals surface area contributed by atoms with Gasteiger partial charge in [0.1, 0.15) is 12.4 Å². The second-order valence-corrected chi connectivity index (χ2v) is 7.95. The van der Waals surface area contributed by atoms with Crippen molar-refractivity contribution in [2.75, 3.05) is 13.2 Å². The number of pyridine rings is 1. The lowest BCUT2D eigenvalue weighted by Crippen LogP contribution is -2.41. The Morgan fingerprint density at radius 1 is 1.21 bits per heavy atom. The van der Waals surface area contributed by atoms with Gasteiger partial charge in [-0.2, -0.15) is 0 Å². The molecule has 1 N–H and O–H groups in total. The van der Waals surface area contributed by atoms with Gasteiger partial charge < -0.3 is 10.1 Å². The van der Waals surface area contributed by atoms with Crippen LogP contribution in [-0.4, -0.2) is 28.5 Å². The lowest BCUT2D eigenvalue weighted by Gasteiger charge is -2.29. The summed E-state index contributed by atoms with van der Waals surface area (Å²) in [6.45, 7) is 5.59. The van der Waals surface area contributed by atoms with Crippen molar-refractivity contribution in [1.29, 1.82) is 0 Å². The number of aromatic nitrogens is 1. The van der Waals surface area contributed by atoms with Gasteiger partial charge in [-0.15, -0.1) is 0 Å². The molecule has 144 valence electrons. The molecule has 0 aliphatic carbocycles. The first-order valence-corrected chi connectivity index (χ1v) is 9.61. The van der Waals surface area contributed by atoms with Crippen LogP contribution in [0.15, 0.2) is 54.9 Å². The minimum Gasteiger partial charge on any atom is -0.491 e. The van der Waals surface area contributed by atoms with Crippen molar-refractivity contribution < 1.29 is 9.53 Å². The lowest BCUT2D eigenvalue weighted by molar-refractivity contribution is 0.0908. The second-order valence-electron chi connectivity index (χ2n) is 7.47. The molecule has 0 bridgehead atoms. The Morgan fingerprint density at radius 3 is 2.89 bits per heavy atom. The molecule has 0 unspecified atom stereocenters. The summed E-state index contributed by atoms with van der Waals surface area (Å²) < 4.78 is 7.53. The average molecular weight is 396 g/mol. The Bertz CT molecular complexity index is 1030. The fourth-order valence-corrected chi connectivity index (χ4v) is 3.85. The number of rotatable bonds is 3. The van der Waals surface area contributed by atoms with Gasteiger partial charge in [0.05, 0.1) is 11.1 Å². The van der Waals surface area contributed by atoms with Gasteiger partial charge in [-0.1, -0.05) is 30.3 Å². The monoisotopic (exact) mass is 395 g/mol. The number of para-hydroxylation sites is 1. The first kappa shape index (κ1) is 18.7. The van der Waals surface area contributed by atoms with Crippen molar-refractivity contribution >= 4 is 28.5 Å². The van der Waals surface area contributed by atoms with Crippen molar-refractivity contribution in [3.63, 3.8) is 0 Å². The van der Waals surface area contributed by atoms with Crippen LogP contribution in [0.1, 0.15) is 35.3 Å². The molecule has 28 heavy (non-hydrogen) atoms. The van der Waals surface area contributed by atoms with E-state index in [9.17, 15) is 4.79 Å². The molecule has 0 saturated carbocycles. The molecule has 6 heteroatoms. The minimum absolute atomic E-state index is 0.170. The van der Waals surface area contributed by atoms with Crippen LogP contribution in [0.3, 0.4) is 0 Å². The number of nitrogens with zero attached hydrogens (tertiary/aromatic N) is 2. The molecule has 3 aromatic rings. The zero-order valence-corrected chi connectivity index (χ0v) is 16.7. The van der Waals surface area contributed by atoms with E-state index in [4.69, 9.17) is 16.5 Å². The summed E-state index contributed by atoms with van der Waals surface area (Å²) in [6.07, 6.45) is 3.60. The second kappa shape index (κ2) is 7.41. The number of halogens is 1. The molecule has 0 saturated heterocycles. The molecule has 0 spiro atoms. The van der Waals surface area contributed by atoms with Gasteiger partial charge in [0.25, 0.3) is 5.91 Å². The molecule has 2 heterocycles. The van der Waals surface area contributed by atoms with E-state index < -0.39 is 5.54 Å². The number of hydrogen-bond donors (Lipinski definition) is 1. The van der Waals surface area contributed by atoms with Crippen molar-refractivity contribution in [2.45, 2.75) is 25.9 Å². The zero-order chi connectivity index (χ0) is 19.7. The average Bonchev–Trinajstić information content (AvgIpc) is 2.87. The molecule has 1 aromatic heterocycles. The zero-order valence-electron chi connectivity index (χ0n) is 15.9. The molecule has 2 aromatic carbocycles. The first-order chi connectivity index (χ1) is 13.5. The van der Waals surface area contributed by atoms with Gasteiger partial charge in [0.2, 0.25) is 0 Å². The van der Waals surface area contributed by atoms with E-state index in [1.54, 1.807) is 16.7 Å². The maximum atomic E-state index is 13.2. The number of hydrogen-bond acceptors (Lipinski definition) is 4. The molecule has 5 nitrogen and oxygen atoms in total. The summed E-state index contributed by atoms with van der Waals surface area (Å²) in [6, 6.07) is 13.6. The highest BCUT2D eigenvalue weighted by Gasteiger charge is 2.28. The van der Waals surface area contributed by atoms with Crippen molar-refractivity contribution in [1.82, 2.24) is 14.7 Å². The van der Waals surface area contributed by atoms with E-state index >= 15 is 0 Å². The fourth-order valence-electron chi connectivity index (χ4n) is 3.66. The molecule has 0 atom stereocenters. The Hall–Kier alpha value is -2.63. The van der Waals surface area contributed by atoms with Crippen LogP contribution in [0, 0.1) is 0 Å². The molecule has 0 radical (unpaired) electrons. The van der Waals surface area contributed by atoms with E-state index in [2.05, 4.69) is 10.3 Å². The van der Waals surface area contributed by atoms with E-state index in [1.807, 2.05) is 56.4 Å². The predicted octanol–water partition coefficient (Wildman–Crippen LogP) is 4.25. The van der Waals surface area contributed by atoms with E-state index in [-0.39, 0.29) is 5.91 Å². The molecular weight excluding hydrogens is 374 g/mol. The van der Waals surface area contributed by atoms with Crippen LogP contribution in [0.2, 0.25) is 0 Å². The number of benzene rings is 2. The van der Waals surface area contributed by atoms with Crippen LogP contribution < -0.4 is 10.1 Å². The van der Waals surface area contributed by atoms with Crippen LogP contribution in [-0.2, 0) is 12.1 Å². The summed E-state index contributed by atoms with van der Waals surface area (Å²) in [5.74, 6) is 0.442.